The highest BCUT2D eigenvalue weighted by atomic mass is 16.6. The highest BCUT2D eigenvalue weighted by Gasteiger charge is 2.28. The van der Waals surface area contributed by atoms with Gasteiger partial charge in [-0.25, -0.2) is 0 Å². The van der Waals surface area contributed by atoms with Gasteiger partial charge in [0.25, 0.3) is 11.6 Å². The number of aromatic nitrogens is 2. The zero-order valence-corrected chi connectivity index (χ0v) is 15.9. The molecule has 0 aliphatic rings. The van der Waals surface area contributed by atoms with Crippen LogP contribution in [-0.4, -0.2) is 33.1 Å². The Morgan fingerprint density at radius 1 is 1.17 bits per heavy atom. The van der Waals surface area contributed by atoms with Crippen LogP contribution < -0.4 is 5.32 Å². The van der Waals surface area contributed by atoms with Crippen molar-refractivity contribution in [2.75, 3.05) is 0 Å². The van der Waals surface area contributed by atoms with E-state index >= 15 is 0 Å². The number of rotatable bonds is 7. The van der Waals surface area contributed by atoms with Crippen LogP contribution in [0.1, 0.15) is 42.4 Å². The summed E-state index contributed by atoms with van der Waals surface area (Å²) >= 11 is 0. The molecule has 1 aromatic heterocycles. The second-order valence-corrected chi connectivity index (χ2v) is 6.70. The molecule has 0 spiro atoms. The fourth-order valence-corrected chi connectivity index (χ4v) is 3.03. The average molecular weight is 396 g/mol. The number of ether oxygens (including phenoxy) is 1. The summed E-state index contributed by atoms with van der Waals surface area (Å²) in [7, 11) is 0. The first-order valence-electron chi connectivity index (χ1n) is 9.03. The summed E-state index contributed by atoms with van der Waals surface area (Å²) in [5, 5.41) is 21.6. The van der Waals surface area contributed by atoms with Crippen LogP contribution in [0.5, 0.6) is 0 Å². The Labute approximate surface area is 166 Å². The molecule has 150 valence electrons. The van der Waals surface area contributed by atoms with E-state index < -0.39 is 22.8 Å². The molecule has 0 bridgehead atoms. The van der Waals surface area contributed by atoms with Crippen molar-refractivity contribution in [2.45, 2.75) is 32.4 Å². The molecule has 0 aliphatic carbocycles. The Hall–Kier alpha value is -3.75. The molecule has 3 rings (SSSR count). The standard InChI is InChI=1S/C20H20N4O5/c1-12(2)29-18(25)11-16(13-7-4-6-10-17(13)24(27)28)21-20(26)19-14-8-3-5-9-15(14)22-23-19/h3-10,12,16H,11H2,1-2H3,(H,21,26)(H,22,23). The molecule has 0 saturated carbocycles. The van der Waals surface area contributed by atoms with Crippen molar-refractivity contribution in [3.63, 3.8) is 0 Å². The predicted molar refractivity (Wildman–Crippen MR) is 105 cm³/mol. The Balaban J connectivity index is 1.94. The number of esters is 1. The van der Waals surface area contributed by atoms with Gasteiger partial charge in [0, 0.05) is 11.5 Å². The first kappa shape index (κ1) is 20.0. The van der Waals surface area contributed by atoms with Gasteiger partial charge in [0.05, 0.1) is 34.6 Å². The van der Waals surface area contributed by atoms with Crippen LogP contribution in [0, 0.1) is 10.1 Å². The molecule has 0 fully saturated rings. The smallest absolute Gasteiger partial charge is 0.308 e. The van der Waals surface area contributed by atoms with Crippen molar-refractivity contribution >= 4 is 28.5 Å². The molecule has 1 unspecified atom stereocenters. The normalized spacial score (nSPS) is 12.0. The third kappa shape index (κ3) is 4.57. The van der Waals surface area contributed by atoms with E-state index in [1.165, 1.54) is 18.2 Å². The zero-order chi connectivity index (χ0) is 21.0. The van der Waals surface area contributed by atoms with Crippen LogP contribution in [0.25, 0.3) is 10.9 Å². The lowest BCUT2D eigenvalue weighted by atomic mass is 10.0. The van der Waals surface area contributed by atoms with E-state index in [-0.39, 0.29) is 29.5 Å². The Morgan fingerprint density at radius 3 is 2.59 bits per heavy atom. The fraction of sp³-hybridized carbons (Fsp3) is 0.250. The molecule has 0 saturated heterocycles. The van der Waals surface area contributed by atoms with E-state index in [4.69, 9.17) is 4.74 Å². The Morgan fingerprint density at radius 2 is 1.86 bits per heavy atom. The monoisotopic (exact) mass is 396 g/mol. The third-order valence-electron chi connectivity index (χ3n) is 4.24. The summed E-state index contributed by atoms with van der Waals surface area (Å²) in [5.41, 5.74) is 0.842. The van der Waals surface area contributed by atoms with Gasteiger partial charge >= 0.3 is 5.97 Å². The van der Waals surface area contributed by atoms with E-state index in [1.54, 1.807) is 44.2 Å². The van der Waals surface area contributed by atoms with E-state index in [1.807, 2.05) is 0 Å². The molecule has 1 atom stereocenters. The topological polar surface area (TPSA) is 127 Å². The molecular formula is C20H20N4O5. The van der Waals surface area contributed by atoms with Gasteiger partial charge in [-0.1, -0.05) is 36.4 Å². The van der Waals surface area contributed by atoms with Crippen LogP contribution in [-0.2, 0) is 9.53 Å². The fourth-order valence-electron chi connectivity index (χ4n) is 3.03. The van der Waals surface area contributed by atoms with Gasteiger partial charge in [0.15, 0.2) is 5.69 Å². The highest BCUT2D eigenvalue weighted by Crippen LogP contribution is 2.28. The van der Waals surface area contributed by atoms with Gasteiger partial charge in [-0.2, -0.15) is 5.10 Å². The Kier molecular flexibility index (Phi) is 5.87. The minimum atomic E-state index is -0.953. The van der Waals surface area contributed by atoms with E-state index in [2.05, 4.69) is 15.5 Å². The van der Waals surface area contributed by atoms with Crippen molar-refractivity contribution in [3.05, 3.63) is 69.9 Å². The number of nitro groups is 1. The zero-order valence-electron chi connectivity index (χ0n) is 15.9. The third-order valence-corrected chi connectivity index (χ3v) is 4.24. The second kappa shape index (κ2) is 8.51. The maximum absolute atomic E-state index is 12.9. The molecule has 1 heterocycles. The number of nitrogens with one attached hydrogen (secondary N) is 2. The van der Waals surface area contributed by atoms with Gasteiger partial charge in [-0.05, 0) is 19.9 Å². The van der Waals surface area contributed by atoms with E-state index in [9.17, 15) is 19.7 Å². The number of amides is 1. The van der Waals surface area contributed by atoms with E-state index in [0.29, 0.717) is 10.9 Å². The largest absolute Gasteiger partial charge is 0.463 e. The molecule has 0 radical (unpaired) electrons. The van der Waals surface area contributed by atoms with Crippen LogP contribution in [0.2, 0.25) is 0 Å². The second-order valence-electron chi connectivity index (χ2n) is 6.70. The molecule has 2 aromatic carbocycles. The number of benzene rings is 2. The van der Waals surface area contributed by atoms with Crippen LogP contribution >= 0.6 is 0 Å². The number of fused-ring (bicyclic) bond motifs is 1. The van der Waals surface area contributed by atoms with Gasteiger partial charge in [-0.3, -0.25) is 24.8 Å². The maximum atomic E-state index is 12.9. The highest BCUT2D eigenvalue weighted by molar-refractivity contribution is 6.04. The summed E-state index contributed by atoms with van der Waals surface area (Å²) in [6.07, 6.45) is -0.600. The molecule has 29 heavy (non-hydrogen) atoms. The number of nitrogens with zero attached hydrogens (tertiary/aromatic N) is 2. The van der Waals surface area contributed by atoms with Crippen LogP contribution in [0.15, 0.2) is 48.5 Å². The SMILES string of the molecule is CC(C)OC(=O)CC(NC(=O)c1n[nH]c2ccccc12)c1ccccc1[N+](=O)[O-]. The first-order chi connectivity index (χ1) is 13.9. The van der Waals surface area contributed by atoms with Crippen molar-refractivity contribution in [1.82, 2.24) is 15.5 Å². The molecule has 0 aliphatic heterocycles. The number of hydrogen-bond donors (Lipinski definition) is 2. The van der Waals surface area contributed by atoms with Gasteiger partial charge in [-0.15, -0.1) is 0 Å². The number of H-pyrrole nitrogens is 1. The van der Waals surface area contributed by atoms with Crippen molar-refractivity contribution in [2.24, 2.45) is 0 Å². The quantitative estimate of drug-likeness (QED) is 0.358. The van der Waals surface area contributed by atoms with Crippen LogP contribution in [0.3, 0.4) is 0 Å². The van der Waals surface area contributed by atoms with Gasteiger partial charge in [0.2, 0.25) is 0 Å². The van der Waals surface area contributed by atoms with Crippen molar-refractivity contribution in [1.29, 1.82) is 0 Å². The number of hydrogen-bond acceptors (Lipinski definition) is 6. The average Bonchev–Trinajstić information content (AvgIpc) is 3.11. The lowest BCUT2D eigenvalue weighted by Crippen LogP contribution is -2.32. The van der Waals surface area contributed by atoms with Crippen molar-refractivity contribution in [3.8, 4) is 0 Å². The summed E-state index contributed by atoms with van der Waals surface area (Å²) < 4.78 is 5.16. The first-order valence-corrected chi connectivity index (χ1v) is 9.03. The van der Waals surface area contributed by atoms with E-state index in [0.717, 1.165) is 0 Å². The minimum Gasteiger partial charge on any atom is -0.463 e. The summed E-state index contributed by atoms with van der Waals surface area (Å²) in [5.74, 6) is -1.13. The molecule has 9 heteroatoms. The summed E-state index contributed by atoms with van der Waals surface area (Å²) in [4.78, 5) is 36.0. The minimum absolute atomic E-state index is 0.140. The lowest BCUT2D eigenvalue weighted by Gasteiger charge is -2.19. The molecule has 9 nitrogen and oxygen atoms in total. The molecule has 1 amide bonds. The number of carbonyl (C=O) groups excluding carboxylic acids is 2. The van der Waals surface area contributed by atoms with Crippen molar-refractivity contribution < 1.29 is 19.2 Å². The number of para-hydroxylation sites is 2. The number of carbonyl (C=O) groups is 2. The molecule has 2 N–H and O–H groups in total. The molecular weight excluding hydrogens is 376 g/mol. The number of nitro benzene ring substituents is 1. The van der Waals surface area contributed by atoms with Gasteiger partial charge < -0.3 is 10.1 Å². The Bertz CT molecular complexity index is 1060. The predicted octanol–water partition coefficient (Wildman–Crippen LogP) is 3.28. The summed E-state index contributed by atoms with van der Waals surface area (Å²) in [6, 6.07) is 12.1. The van der Waals surface area contributed by atoms with Gasteiger partial charge in [0.1, 0.15) is 0 Å². The molecule has 3 aromatic rings. The summed E-state index contributed by atoms with van der Waals surface area (Å²) in [6.45, 7) is 3.40. The van der Waals surface area contributed by atoms with Crippen LogP contribution in [0.4, 0.5) is 5.69 Å². The number of aromatic amines is 1. The maximum Gasteiger partial charge on any atom is 0.308 e. The lowest BCUT2D eigenvalue weighted by molar-refractivity contribution is -0.385.